The number of hydrogen-bond acceptors (Lipinski definition) is 2. The molecule has 3 nitrogen and oxygen atoms in total. The van der Waals surface area contributed by atoms with Crippen molar-refractivity contribution in [2.45, 2.75) is 0 Å². The molecule has 9 rings (SSSR count). The first kappa shape index (κ1) is 28.6. The van der Waals surface area contributed by atoms with E-state index in [0.717, 1.165) is 39.8 Å². The molecule has 0 unspecified atom stereocenters. The Kier molecular flexibility index (Phi) is 7.14. The number of anilines is 6. The monoisotopic (exact) mass is 627 g/mol. The summed E-state index contributed by atoms with van der Waals surface area (Å²) in [5.74, 6) is 0. The molecule has 1 aromatic heterocycles. The fourth-order valence-electron chi connectivity index (χ4n) is 7.19. The number of hydrogen-bond donors (Lipinski definition) is 0. The molecule has 1 heterocycles. The molecular weight excluding hydrogens is 595 g/mol. The van der Waals surface area contributed by atoms with Crippen LogP contribution >= 0.6 is 0 Å². The molecule has 0 N–H and O–H groups in total. The highest BCUT2D eigenvalue weighted by Crippen LogP contribution is 2.46. The second-order valence-corrected chi connectivity index (χ2v) is 12.2. The first-order chi connectivity index (χ1) is 24.3. The summed E-state index contributed by atoms with van der Waals surface area (Å²) in [6, 6.07) is 71.5. The van der Waals surface area contributed by atoms with Gasteiger partial charge in [0.1, 0.15) is 0 Å². The number of nitrogens with zero attached hydrogens (tertiary/aromatic N) is 3. The van der Waals surface area contributed by atoms with E-state index in [-0.39, 0.29) is 0 Å². The second kappa shape index (κ2) is 12.2. The summed E-state index contributed by atoms with van der Waals surface area (Å²) in [6.07, 6.45) is 0. The van der Waals surface area contributed by atoms with E-state index in [1.807, 2.05) is 0 Å². The summed E-state index contributed by atoms with van der Waals surface area (Å²) in [7, 11) is 0. The molecule has 0 aliphatic carbocycles. The zero-order valence-corrected chi connectivity index (χ0v) is 26.9. The Morgan fingerprint density at radius 3 is 1.47 bits per heavy atom. The Hall–Kier alpha value is -6.58. The predicted octanol–water partition coefficient (Wildman–Crippen LogP) is 12.9. The Morgan fingerprint density at radius 1 is 0.306 bits per heavy atom. The van der Waals surface area contributed by atoms with Crippen LogP contribution in [0.15, 0.2) is 200 Å². The molecule has 0 amide bonds. The average Bonchev–Trinajstić information content (AvgIpc) is 3.52. The second-order valence-electron chi connectivity index (χ2n) is 12.2. The van der Waals surface area contributed by atoms with Crippen LogP contribution in [0.1, 0.15) is 0 Å². The summed E-state index contributed by atoms with van der Waals surface area (Å²) in [5.41, 5.74) is 10.1. The number of aromatic nitrogens is 1. The average molecular weight is 628 g/mol. The van der Waals surface area contributed by atoms with Crippen molar-refractivity contribution in [1.29, 1.82) is 0 Å². The highest BCUT2D eigenvalue weighted by molar-refractivity contribution is 6.15. The zero-order chi connectivity index (χ0) is 32.6. The van der Waals surface area contributed by atoms with Crippen molar-refractivity contribution in [1.82, 2.24) is 4.57 Å². The lowest BCUT2D eigenvalue weighted by Crippen LogP contribution is -2.13. The molecular formula is C46H33N3. The molecule has 0 spiro atoms. The predicted molar refractivity (Wildman–Crippen MR) is 208 cm³/mol. The van der Waals surface area contributed by atoms with Gasteiger partial charge in [-0.1, -0.05) is 121 Å². The van der Waals surface area contributed by atoms with Crippen molar-refractivity contribution in [3.63, 3.8) is 0 Å². The van der Waals surface area contributed by atoms with Crippen molar-refractivity contribution in [3.8, 4) is 5.69 Å². The minimum absolute atomic E-state index is 1.08. The third kappa shape index (κ3) is 5.00. The van der Waals surface area contributed by atoms with E-state index in [9.17, 15) is 0 Å². The molecule has 49 heavy (non-hydrogen) atoms. The molecule has 0 fully saturated rings. The Labute approximate surface area is 286 Å². The van der Waals surface area contributed by atoms with Gasteiger partial charge in [0.05, 0.1) is 22.4 Å². The number of benzene rings is 8. The standard InChI is InChI=1S/C46H33N3/c1-4-18-35(19-5-1)47(36-20-6-2-7-21-36)38-30-32-39(33-31-38)48(43-28-14-17-34-16-10-11-24-40(34)43)45-29-15-26-42-41-25-12-13-27-44(41)49(46(42)45)37-22-8-3-9-23-37/h1-33H. The van der Waals surface area contributed by atoms with Gasteiger partial charge < -0.3 is 14.4 Å². The summed E-state index contributed by atoms with van der Waals surface area (Å²) in [5, 5.41) is 4.86. The molecule has 0 radical (unpaired) electrons. The van der Waals surface area contributed by atoms with Crippen molar-refractivity contribution >= 4 is 66.7 Å². The zero-order valence-electron chi connectivity index (χ0n) is 26.9. The fourth-order valence-corrected chi connectivity index (χ4v) is 7.19. The molecule has 0 saturated carbocycles. The van der Waals surface area contributed by atoms with Gasteiger partial charge in [0.2, 0.25) is 0 Å². The topological polar surface area (TPSA) is 11.4 Å². The molecule has 8 aromatic carbocycles. The summed E-state index contributed by atoms with van der Waals surface area (Å²) in [4.78, 5) is 4.74. The van der Waals surface area contributed by atoms with E-state index in [1.54, 1.807) is 0 Å². The van der Waals surface area contributed by atoms with Crippen LogP contribution in [0.25, 0.3) is 38.3 Å². The van der Waals surface area contributed by atoms with E-state index < -0.39 is 0 Å². The van der Waals surface area contributed by atoms with E-state index in [1.165, 1.54) is 32.6 Å². The van der Waals surface area contributed by atoms with E-state index >= 15 is 0 Å². The van der Waals surface area contributed by atoms with E-state index in [0.29, 0.717) is 0 Å². The van der Waals surface area contributed by atoms with Crippen molar-refractivity contribution < 1.29 is 0 Å². The number of fused-ring (bicyclic) bond motifs is 4. The Morgan fingerprint density at radius 2 is 0.776 bits per heavy atom. The van der Waals surface area contributed by atoms with Gasteiger partial charge >= 0.3 is 0 Å². The van der Waals surface area contributed by atoms with Crippen LogP contribution in [-0.4, -0.2) is 4.57 Å². The van der Waals surface area contributed by atoms with Crippen LogP contribution in [0.4, 0.5) is 34.1 Å². The van der Waals surface area contributed by atoms with Crippen molar-refractivity contribution in [2.24, 2.45) is 0 Å². The molecule has 3 heteroatoms. The molecule has 0 aliphatic rings. The summed E-state index contributed by atoms with van der Waals surface area (Å²) < 4.78 is 2.42. The van der Waals surface area contributed by atoms with Crippen LogP contribution < -0.4 is 9.80 Å². The number of para-hydroxylation sites is 5. The molecule has 0 aliphatic heterocycles. The molecule has 0 saturated heterocycles. The highest BCUT2D eigenvalue weighted by Gasteiger charge is 2.23. The van der Waals surface area contributed by atoms with Gasteiger partial charge in [-0.2, -0.15) is 0 Å². The highest BCUT2D eigenvalue weighted by atomic mass is 15.2. The minimum atomic E-state index is 1.08. The molecule has 0 bridgehead atoms. The van der Waals surface area contributed by atoms with Crippen molar-refractivity contribution in [3.05, 3.63) is 200 Å². The lowest BCUT2D eigenvalue weighted by molar-refractivity contribution is 1.17. The first-order valence-electron chi connectivity index (χ1n) is 16.7. The third-order valence-corrected chi connectivity index (χ3v) is 9.33. The van der Waals surface area contributed by atoms with Gasteiger partial charge in [0.25, 0.3) is 0 Å². The van der Waals surface area contributed by atoms with Crippen LogP contribution in [0, 0.1) is 0 Å². The normalized spacial score (nSPS) is 11.3. The quantitative estimate of drug-likeness (QED) is 0.174. The minimum Gasteiger partial charge on any atom is -0.311 e. The van der Waals surface area contributed by atoms with Gasteiger partial charge in [-0.15, -0.1) is 0 Å². The Bertz CT molecular complexity index is 2490. The van der Waals surface area contributed by atoms with Gasteiger partial charge in [0.15, 0.2) is 0 Å². The van der Waals surface area contributed by atoms with Crippen LogP contribution in [0.2, 0.25) is 0 Å². The summed E-state index contributed by atoms with van der Waals surface area (Å²) >= 11 is 0. The van der Waals surface area contributed by atoms with Crippen LogP contribution in [0.3, 0.4) is 0 Å². The van der Waals surface area contributed by atoms with Crippen LogP contribution in [0.5, 0.6) is 0 Å². The summed E-state index contributed by atoms with van der Waals surface area (Å²) in [6.45, 7) is 0. The maximum atomic E-state index is 2.43. The molecule has 232 valence electrons. The maximum absolute atomic E-state index is 2.43. The van der Waals surface area contributed by atoms with E-state index in [4.69, 9.17) is 0 Å². The number of rotatable bonds is 7. The van der Waals surface area contributed by atoms with Crippen molar-refractivity contribution in [2.75, 3.05) is 9.80 Å². The van der Waals surface area contributed by atoms with E-state index in [2.05, 4.69) is 215 Å². The largest absolute Gasteiger partial charge is 0.311 e. The maximum Gasteiger partial charge on any atom is 0.0782 e. The Balaban J connectivity index is 1.30. The smallest absolute Gasteiger partial charge is 0.0782 e. The van der Waals surface area contributed by atoms with Gasteiger partial charge in [0, 0.05) is 44.6 Å². The fraction of sp³-hybridized carbons (Fsp3) is 0. The molecule has 0 atom stereocenters. The third-order valence-electron chi connectivity index (χ3n) is 9.33. The van der Waals surface area contributed by atoms with Crippen LogP contribution in [-0.2, 0) is 0 Å². The SMILES string of the molecule is c1ccc(N(c2ccccc2)c2ccc(N(c3cccc4ccccc34)c3cccc4c5ccccc5n(-c5ccccc5)c34)cc2)cc1. The lowest BCUT2D eigenvalue weighted by atomic mass is 10.0. The lowest BCUT2D eigenvalue weighted by Gasteiger charge is -2.30. The van der Waals surface area contributed by atoms with Gasteiger partial charge in [-0.25, -0.2) is 0 Å². The molecule has 9 aromatic rings. The first-order valence-corrected chi connectivity index (χ1v) is 16.7. The van der Waals surface area contributed by atoms with Gasteiger partial charge in [-0.05, 0) is 84.2 Å². The van der Waals surface area contributed by atoms with Gasteiger partial charge in [-0.3, -0.25) is 0 Å².